The van der Waals surface area contributed by atoms with Crippen LogP contribution in [0.5, 0.6) is 0 Å². The molecule has 1 aromatic carbocycles. The molecule has 0 unspecified atom stereocenters. The van der Waals surface area contributed by atoms with Crippen LogP contribution in [0, 0.1) is 6.92 Å². The maximum Gasteiger partial charge on any atom is 0.335 e. The highest BCUT2D eigenvalue weighted by Crippen LogP contribution is 2.20. The maximum absolute atomic E-state index is 10.9. The molecule has 2 rings (SSSR count). The van der Waals surface area contributed by atoms with Gasteiger partial charge in [-0.05, 0) is 42.8 Å². The van der Waals surface area contributed by atoms with Crippen LogP contribution in [0.1, 0.15) is 21.7 Å². The van der Waals surface area contributed by atoms with Crippen LogP contribution in [0.25, 0.3) is 0 Å². The van der Waals surface area contributed by atoms with E-state index in [1.165, 1.54) is 0 Å². The fraction of sp³-hybridized carbons (Fsp3) is 0.214. The predicted octanol–water partition coefficient (Wildman–Crippen LogP) is 2.92. The Morgan fingerprint density at radius 1 is 1.39 bits per heavy atom. The molecule has 1 N–H and O–H groups in total. The van der Waals surface area contributed by atoms with Crippen molar-refractivity contribution in [1.29, 1.82) is 0 Å². The van der Waals surface area contributed by atoms with E-state index in [-0.39, 0.29) is 0 Å². The SMILES string of the molecule is Cc1cc(N(C)Cc2ccco2)ccc1C(=O)O. The van der Waals surface area contributed by atoms with Gasteiger partial charge in [0.05, 0.1) is 18.4 Å². The van der Waals surface area contributed by atoms with Crippen molar-refractivity contribution in [2.45, 2.75) is 13.5 Å². The monoisotopic (exact) mass is 245 g/mol. The molecule has 0 aliphatic heterocycles. The van der Waals surface area contributed by atoms with Gasteiger partial charge < -0.3 is 14.4 Å². The summed E-state index contributed by atoms with van der Waals surface area (Å²) in [7, 11) is 1.94. The van der Waals surface area contributed by atoms with Gasteiger partial charge in [0.15, 0.2) is 0 Å². The molecule has 0 saturated carbocycles. The van der Waals surface area contributed by atoms with Gasteiger partial charge in [-0.3, -0.25) is 0 Å². The highest BCUT2D eigenvalue weighted by molar-refractivity contribution is 5.89. The number of carboxylic acid groups (broad SMARTS) is 1. The van der Waals surface area contributed by atoms with Gasteiger partial charge in [0.25, 0.3) is 0 Å². The van der Waals surface area contributed by atoms with Gasteiger partial charge in [0.1, 0.15) is 5.76 Å². The molecule has 18 heavy (non-hydrogen) atoms. The van der Waals surface area contributed by atoms with Gasteiger partial charge in [0.2, 0.25) is 0 Å². The zero-order valence-corrected chi connectivity index (χ0v) is 10.4. The van der Waals surface area contributed by atoms with Crippen molar-refractivity contribution in [2.24, 2.45) is 0 Å². The molecular formula is C14H15NO3. The van der Waals surface area contributed by atoms with Crippen molar-refractivity contribution in [3.8, 4) is 0 Å². The lowest BCUT2D eigenvalue weighted by molar-refractivity contribution is 0.0696. The third kappa shape index (κ3) is 2.53. The van der Waals surface area contributed by atoms with Crippen molar-refractivity contribution < 1.29 is 14.3 Å². The van der Waals surface area contributed by atoms with E-state index in [0.717, 1.165) is 17.0 Å². The maximum atomic E-state index is 10.9. The molecule has 1 aromatic heterocycles. The minimum Gasteiger partial charge on any atom is -0.478 e. The van der Waals surface area contributed by atoms with Gasteiger partial charge in [-0.2, -0.15) is 0 Å². The second-order valence-electron chi connectivity index (χ2n) is 4.24. The lowest BCUT2D eigenvalue weighted by atomic mass is 10.1. The minimum absolute atomic E-state index is 0.338. The summed E-state index contributed by atoms with van der Waals surface area (Å²) in [6, 6.07) is 9.06. The van der Waals surface area contributed by atoms with E-state index in [9.17, 15) is 4.79 Å². The Morgan fingerprint density at radius 2 is 2.17 bits per heavy atom. The first-order valence-electron chi connectivity index (χ1n) is 5.65. The number of aryl methyl sites for hydroxylation is 1. The molecule has 0 spiro atoms. The molecule has 0 radical (unpaired) electrons. The number of hydrogen-bond donors (Lipinski definition) is 1. The van der Waals surface area contributed by atoms with Crippen molar-refractivity contribution in [3.05, 3.63) is 53.5 Å². The highest BCUT2D eigenvalue weighted by Gasteiger charge is 2.10. The largest absolute Gasteiger partial charge is 0.478 e. The topological polar surface area (TPSA) is 53.7 Å². The van der Waals surface area contributed by atoms with E-state index < -0.39 is 5.97 Å². The lowest BCUT2D eigenvalue weighted by Gasteiger charge is -2.19. The molecule has 1 heterocycles. The number of aromatic carboxylic acids is 1. The van der Waals surface area contributed by atoms with Crippen LogP contribution in [-0.4, -0.2) is 18.1 Å². The molecule has 0 atom stereocenters. The molecule has 4 heteroatoms. The van der Waals surface area contributed by atoms with E-state index in [4.69, 9.17) is 9.52 Å². The summed E-state index contributed by atoms with van der Waals surface area (Å²) in [5.74, 6) is -0.0230. The number of rotatable bonds is 4. The van der Waals surface area contributed by atoms with E-state index in [1.54, 1.807) is 25.3 Å². The zero-order valence-electron chi connectivity index (χ0n) is 10.4. The Kier molecular flexibility index (Phi) is 3.37. The fourth-order valence-electron chi connectivity index (χ4n) is 1.85. The molecule has 0 aliphatic carbocycles. The smallest absolute Gasteiger partial charge is 0.335 e. The minimum atomic E-state index is -0.896. The van der Waals surface area contributed by atoms with Crippen molar-refractivity contribution in [2.75, 3.05) is 11.9 Å². The van der Waals surface area contributed by atoms with Gasteiger partial charge in [-0.25, -0.2) is 4.79 Å². The summed E-state index contributed by atoms with van der Waals surface area (Å²) in [5, 5.41) is 8.97. The predicted molar refractivity (Wildman–Crippen MR) is 69.0 cm³/mol. The first-order chi connectivity index (χ1) is 8.58. The van der Waals surface area contributed by atoms with E-state index in [1.807, 2.05) is 30.1 Å². The lowest BCUT2D eigenvalue weighted by Crippen LogP contribution is -2.16. The number of hydrogen-bond acceptors (Lipinski definition) is 3. The molecule has 0 amide bonds. The average molecular weight is 245 g/mol. The summed E-state index contributed by atoms with van der Waals surface area (Å²) < 4.78 is 5.28. The van der Waals surface area contributed by atoms with Crippen LogP contribution in [0.4, 0.5) is 5.69 Å². The Morgan fingerprint density at radius 3 is 2.72 bits per heavy atom. The standard InChI is InChI=1S/C14H15NO3/c1-10-8-11(5-6-13(10)14(16)17)15(2)9-12-4-3-7-18-12/h3-8H,9H2,1-2H3,(H,16,17). The van der Waals surface area contributed by atoms with Crippen LogP contribution in [0.3, 0.4) is 0 Å². The molecule has 4 nitrogen and oxygen atoms in total. The average Bonchev–Trinajstić information content (AvgIpc) is 2.81. The number of carboxylic acids is 1. The number of carbonyl (C=O) groups is 1. The number of anilines is 1. The van der Waals surface area contributed by atoms with Crippen LogP contribution in [0.15, 0.2) is 41.0 Å². The Labute approximate surface area is 105 Å². The second kappa shape index (κ2) is 4.96. The molecule has 0 saturated heterocycles. The Balaban J connectivity index is 2.18. The van der Waals surface area contributed by atoms with Crippen LogP contribution >= 0.6 is 0 Å². The number of furan rings is 1. The summed E-state index contributed by atoms with van der Waals surface area (Å²) in [6.07, 6.45) is 1.64. The van der Waals surface area contributed by atoms with Crippen molar-refractivity contribution in [1.82, 2.24) is 0 Å². The molecule has 2 aromatic rings. The van der Waals surface area contributed by atoms with E-state index in [2.05, 4.69) is 0 Å². The van der Waals surface area contributed by atoms with E-state index >= 15 is 0 Å². The third-order valence-electron chi connectivity index (χ3n) is 2.85. The summed E-state index contributed by atoms with van der Waals surface area (Å²) in [4.78, 5) is 12.9. The summed E-state index contributed by atoms with van der Waals surface area (Å²) in [5.41, 5.74) is 2.06. The molecule has 0 fully saturated rings. The van der Waals surface area contributed by atoms with Gasteiger partial charge in [0, 0.05) is 12.7 Å². The first-order valence-corrected chi connectivity index (χ1v) is 5.65. The zero-order chi connectivity index (χ0) is 13.1. The molecule has 0 aliphatic rings. The summed E-state index contributed by atoms with van der Waals surface area (Å²) in [6.45, 7) is 2.45. The number of benzene rings is 1. The van der Waals surface area contributed by atoms with Crippen molar-refractivity contribution >= 4 is 11.7 Å². The first kappa shape index (κ1) is 12.2. The van der Waals surface area contributed by atoms with Gasteiger partial charge in [-0.1, -0.05) is 0 Å². The molecule has 0 bridgehead atoms. The van der Waals surface area contributed by atoms with E-state index in [0.29, 0.717) is 12.1 Å². The normalized spacial score (nSPS) is 10.3. The Hall–Kier alpha value is -2.23. The summed E-state index contributed by atoms with van der Waals surface area (Å²) >= 11 is 0. The molecular weight excluding hydrogens is 230 g/mol. The third-order valence-corrected chi connectivity index (χ3v) is 2.85. The molecule has 94 valence electrons. The quantitative estimate of drug-likeness (QED) is 0.899. The second-order valence-corrected chi connectivity index (χ2v) is 4.24. The van der Waals surface area contributed by atoms with Crippen molar-refractivity contribution in [3.63, 3.8) is 0 Å². The Bertz CT molecular complexity index is 546. The van der Waals surface area contributed by atoms with Gasteiger partial charge in [-0.15, -0.1) is 0 Å². The number of nitrogens with zero attached hydrogens (tertiary/aromatic N) is 1. The van der Waals surface area contributed by atoms with Gasteiger partial charge >= 0.3 is 5.97 Å². The highest BCUT2D eigenvalue weighted by atomic mass is 16.4. The van der Waals surface area contributed by atoms with Crippen LogP contribution in [0.2, 0.25) is 0 Å². The van der Waals surface area contributed by atoms with Crippen LogP contribution < -0.4 is 4.90 Å². The fourth-order valence-corrected chi connectivity index (χ4v) is 1.85. The van der Waals surface area contributed by atoms with Crippen LogP contribution in [-0.2, 0) is 6.54 Å².